The van der Waals surface area contributed by atoms with Crippen LogP contribution in [0, 0.1) is 0 Å². The van der Waals surface area contributed by atoms with Gasteiger partial charge in [-0.05, 0) is 44.2 Å². The molecule has 0 fully saturated rings. The molecule has 2 heterocycles. The van der Waals surface area contributed by atoms with Gasteiger partial charge in [-0.25, -0.2) is 4.79 Å². The normalized spacial score (nSPS) is 16.1. The molecule has 0 aromatic heterocycles. The lowest BCUT2D eigenvalue weighted by Crippen LogP contribution is -2.48. The molecule has 13 heteroatoms. The molecule has 11 nitrogen and oxygen atoms in total. The Labute approximate surface area is 367 Å². The van der Waals surface area contributed by atoms with Crippen LogP contribution in [0.2, 0.25) is 0 Å². The van der Waals surface area contributed by atoms with Crippen LogP contribution in [-0.4, -0.2) is 79.3 Å². The van der Waals surface area contributed by atoms with Crippen molar-refractivity contribution in [2.45, 2.75) is 31.6 Å². The van der Waals surface area contributed by atoms with Crippen LogP contribution in [0.5, 0.6) is 11.5 Å². The highest BCUT2D eigenvalue weighted by Gasteiger charge is 2.39. The summed E-state index contributed by atoms with van der Waals surface area (Å²) in [6, 6.07) is 34.1. The zero-order valence-electron chi connectivity index (χ0n) is 33.9. The summed E-state index contributed by atoms with van der Waals surface area (Å²) in [6.45, 7) is 1.92. The van der Waals surface area contributed by atoms with Gasteiger partial charge in [-0.3, -0.25) is 24.1 Å². The van der Waals surface area contributed by atoms with E-state index < -0.39 is 42.9 Å². The number of esters is 2. The number of carbonyl (C=O) groups is 5. The van der Waals surface area contributed by atoms with Crippen molar-refractivity contribution in [3.63, 3.8) is 0 Å². The summed E-state index contributed by atoms with van der Waals surface area (Å²) in [5.41, 5.74) is 6.75. The number of halogens is 2. The number of alkyl halides is 2. The fourth-order valence-electron chi connectivity index (χ4n) is 9.40. The number of ether oxygens (including phenoxy) is 3. The average Bonchev–Trinajstić information content (AvgIpc) is 3.95. The minimum atomic E-state index is -0.853. The van der Waals surface area contributed by atoms with E-state index in [1.807, 2.05) is 97.1 Å². The summed E-state index contributed by atoms with van der Waals surface area (Å²) in [7, 11) is 0. The van der Waals surface area contributed by atoms with Crippen molar-refractivity contribution < 1.29 is 38.2 Å². The van der Waals surface area contributed by atoms with Crippen molar-refractivity contribution in [2.24, 2.45) is 0 Å². The monoisotopic (exact) mass is 869 g/mol. The second kappa shape index (κ2) is 16.8. The van der Waals surface area contributed by atoms with Crippen LogP contribution in [-0.2, 0) is 23.9 Å². The summed E-state index contributed by atoms with van der Waals surface area (Å²) in [5, 5.41) is 2.96. The van der Waals surface area contributed by atoms with Crippen molar-refractivity contribution in [3.05, 3.63) is 131 Å². The average molecular weight is 871 g/mol. The van der Waals surface area contributed by atoms with Gasteiger partial charge in [-0.2, -0.15) is 0 Å². The predicted octanol–water partition coefficient (Wildman–Crippen LogP) is 9.13. The van der Waals surface area contributed by atoms with Gasteiger partial charge in [0.2, 0.25) is 11.8 Å². The number of nitrogens with zero attached hydrogens (tertiary/aromatic N) is 3. The SMILES string of the molecule is CC(=O)Oc1cc2c(c3ccccc13)[C@H](CCl)CN2C(=O)CN(CC(=O)N1C[C@@H](CCl)c2c1cc(OC(C)=O)c1ccccc21)C(=O)OCC1c2ccccc2-c2ccccc21. The summed E-state index contributed by atoms with van der Waals surface area (Å²) >= 11 is 13.1. The van der Waals surface area contributed by atoms with Gasteiger partial charge >= 0.3 is 18.0 Å². The molecule has 0 spiro atoms. The summed E-state index contributed by atoms with van der Waals surface area (Å²) in [6.07, 6.45) is -0.853. The van der Waals surface area contributed by atoms with Crippen LogP contribution in [0.25, 0.3) is 32.7 Å². The van der Waals surface area contributed by atoms with E-state index in [-0.39, 0.29) is 60.7 Å². The number of fused-ring (bicyclic) bond motifs is 9. The Morgan fingerprint density at radius 3 is 1.42 bits per heavy atom. The van der Waals surface area contributed by atoms with Gasteiger partial charge in [0.15, 0.2) is 0 Å². The van der Waals surface area contributed by atoms with Gasteiger partial charge in [0.1, 0.15) is 31.2 Å². The molecule has 0 saturated carbocycles. The Morgan fingerprint density at radius 1 is 0.597 bits per heavy atom. The molecular formula is C49H41Cl2N3O8. The lowest BCUT2D eigenvalue weighted by molar-refractivity contribution is -0.132. The van der Waals surface area contributed by atoms with Crippen LogP contribution >= 0.6 is 23.2 Å². The number of carbonyl (C=O) groups excluding carboxylic acids is 5. The first-order valence-electron chi connectivity index (χ1n) is 20.4. The van der Waals surface area contributed by atoms with E-state index in [0.717, 1.165) is 49.1 Å². The quantitative estimate of drug-likeness (QED) is 0.0760. The fraction of sp³-hybridized carbons (Fsp3) is 0.245. The number of amides is 3. The van der Waals surface area contributed by atoms with Crippen molar-refractivity contribution in [2.75, 3.05) is 54.3 Å². The van der Waals surface area contributed by atoms with Gasteiger partial charge in [0, 0.05) is 79.4 Å². The van der Waals surface area contributed by atoms with Crippen LogP contribution < -0.4 is 19.3 Å². The zero-order valence-corrected chi connectivity index (χ0v) is 35.4. The Balaban J connectivity index is 1.06. The third-order valence-corrected chi connectivity index (χ3v) is 12.7. The van der Waals surface area contributed by atoms with Crippen LogP contribution in [0.15, 0.2) is 109 Å². The van der Waals surface area contributed by atoms with E-state index in [0.29, 0.717) is 22.1 Å². The molecule has 3 amide bonds. The molecule has 0 unspecified atom stereocenters. The molecule has 62 heavy (non-hydrogen) atoms. The van der Waals surface area contributed by atoms with E-state index in [1.165, 1.54) is 23.6 Å². The fourth-order valence-corrected chi connectivity index (χ4v) is 9.90. The minimum Gasteiger partial charge on any atom is -0.448 e. The van der Waals surface area contributed by atoms with E-state index in [4.69, 9.17) is 37.4 Å². The topological polar surface area (TPSA) is 123 Å². The lowest BCUT2D eigenvalue weighted by Gasteiger charge is -2.28. The summed E-state index contributed by atoms with van der Waals surface area (Å²) in [5.74, 6) is -1.88. The molecule has 314 valence electrons. The van der Waals surface area contributed by atoms with Crippen molar-refractivity contribution in [1.82, 2.24) is 4.90 Å². The number of rotatable bonds is 10. The zero-order chi connectivity index (χ0) is 43.2. The highest BCUT2D eigenvalue weighted by molar-refractivity contribution is 6.19. The number of hydrogen-bond acceptors (Lipinski definition) is 8. The first kappa shape index (κ1) is 40.9. The first-order valence-corrected chi connectivity index (χ1v) is 21.4. The molecule has 6 aromatic carbocycles. The van der Waals surface area contributed by atoms with Crippen LogP contribution in [0.3, 0.4) is 0 Å². The molecule has 0 N–H and O–H groups in total. The van der Waals surface area contributed by atoms with Gasteiger partial charge in [-0.1, -0.05) is 97.1 Å². The van der Waals surface area contributed by atoms with Crippen LogP contribution in [0.4, 0.5) is 16.2 Å². The summed E-state index contributed by atoms with van der Waals surface area (Å²) in [4.78, 5) is 72.4. The molecular weight excluding hydrogens is 829 g/mol. The molecule has 0 radical (unpaired) electrons. The molecule has 6 aromatic rings. The van der Waals surface area contributed by atoms with E-state index in [1.54, 1.807) is 12.1 Å². The Kier molecular flexibility index (Phi) is 11.1. The maximum absolute atomic E-state index is 14.7. The predicted molar refractivity (Wildman–Crippen MR) is 239 cm³/mol. The van der Waals surface area contributed by atoms with Gasteiger partial charge < -0.3 is 24.0 Å². The smallest absolute Gasteiger partial charge is 0.410 e. The Hall–Kier alpha value is -6.43. The molecule has 9 rings (SSSR count). The van der Waals surface area contributed by atoms with Crippen molar-refractivity contribution in [3.8, 4) is 22.6 Å². The van der Waals surface area contributed by atoms with Gasteiger partial charge in [-0.15, -0.1) is 23.2 Å². The van der Waals surface area contributed by atoms with E-state index >= 15 is 0 Å². The molecule has 0 bridgehead atoms. The standard InChI is InChI=1S/C49H41Cl2N3O8/c1-28(55)61-43-19-41-47(38-17-9-7-15-36(38)43)30(21-50)23-53(41)45(57)25-52(49(59)60-27-40-34-13-5-3-11-32(34)33-12-4-6-14-35(33)40)26-46(58)54-24-31(22-51)48-39-18-10-8-16-37(39)44(20-42(48)54)62-29(2)56/h3-20,30-31,40H,21-27H2,1-2H3/t30-,31-/m1/s1. The third kappa shape index (κ3) is 7.28. The van der Waals surface area contributed by atoms with Crippen molar-refractivity contribution >= 4 is 86.0 Å². The van der Waals surface area contributed by atoms with Crippen molar-refractivity contribution in [1.29, 1.82) is 0 Å². The van der Waals surface area contributed by atoms with Gasteiger partial charge in [0.05, 0.1) is 11.4 Å². The van der Waals surface area contributed by atoms with Crippen LogP contribution in [0.1, 0.15) is 53.9 Å². The molecule has 2 atom stereocenters. The Morgan fingerprint density at radius 2 is 1.00 bits per heavy atom. The van der Waals surface area contributed by atoms with E-state index in [9.17, 15) is 24.0 Å². The largest absolute Gasteiger partial charge is 0.448 e. The molecule has 1 aliphatic carbocycles. The third-order valence-electron chi connectivity index (χ3n) is 12.0. The second-order valence-electron chi connectivity index (χ2n) is 15.8. The highest BCUT2D eigenvalue weighted by atomic mass is 35.5. The first-order chi connectivity index (χ1) is 30.1. The van der Waals surface area contributed by atoms with E-state index in [2.05, 4.69) is 0 Å². The number of anilines is 2. The second-order valence-corrected chi connectivity index (χ2v) is 16.4. The molecule has 3 aliphatic rings. The van der Waals surface area contributed by atoms with Gasteiger partial charge in [0.25, 0.3) is 0 Å². The molecule has 2 aliphatic heterocycles. The number of benzene rings is 6. The maximum atomic E-state index is 14.7. The summed E-state index contributed by atoms with van der Waals surface area (Å²) < 4.78 is 17.3. The molecule has 0 saturated heterocycles. The minimum absolute atomic E-state index is 0.0387. The maximum Gasteiger partial charge on any atom is 0.410 e. The number of hydrogen-bond donors (Lipinski definition) is 0. The highest BCUT2D eigenvalue weighted by Crippen LogP contribution is 2.48. The Bertz CT molecular complexity index is 2650. The lowest BCUT2D eigenvalue weighted by atomic mass is 9.95.